The minimum Gasteiger partial charge on any atom is -0.399 e. The number of imidazole rings is 1. The van der Waals surface area contributed by atoms with Crippen LogP contribution in [0.2, 0.25) is 0 Å². The lowest BCUT2D eigenvalue weighted by Crippen LogP contribution is -2.41. The number of alkyl halides is 3. The van der Waals surface area contributed by atoms with Crippen LogP contribution in [0.4, 0.5) is 39.4 Å². The van der Waals surface area contributed by atoms with E-state index >= 15 is 0 Å². The van der Waals surface area contributed by atoms with Crippen LogP contribution in [0.15, 0.2) is 73.3 Å². The van der Waals surface area contributed by atoms with Gasteiger partial charge in [-0.15, -0.1) is 0 Å². The lowest BCUT2D eigenvalue weighted by molar-refractivity contribution is -0.139. The van der Waals surface area contributed by atoms with E-state index in [1.807, 2.05) is 57.3 Å². The number of rotatable bonds is 8. The summed E-state index contributed by atoms with van der Waals surface area (Å²) in [6.45, 7) is 10.7. The average molecular weight is 792 g/mol. The van der Waals surface area contributed by atoms with Gasteiger partial charge in [0.05, 0.1) is 28.0 Å². The van der Waals surface area contributed by atoms with Crippen LogP contribution in [0, 0.1) is 11.6 Å². The van der Waals surface area contributed by atoms with Crippen LogP contribution < -0.4 is 21.8 Å². The van der Waals surface area contributed by atoms with Crippen molar-refractivity contribution >= 4 is 30.0 Å². The van der Waals surface area contributed by atoms with Crippen LogP contribution in [0.25, 0.3) is 22.4 Å². The molecule has 2 aliphatic rings. The number of likely N-dealkylation sites (N-methyl/N-ethyl adjacent to an activating group) is 1. The first kappa shape index (κ1) is 41.5. The third kappa shape index (κ3) is 9.37. The number of hydrogen-bond donors (Lipinski definition) is 2. The van der Waals surface area contributed by atoms with E-state index < -0.39 is 17.6 Å². The summed E-state index contributed by atoms with van der Waals surface area (Å²) in [6, 6.07) is 12.6. The largest absolute Gasteiger partial charge is 0.496 e. The molecule has 0 amide bonds. The van der Waals surface area contributed by atoms with Crippen molar-refractivity contribution in [1.82, 2.24) is 29.4 Å². The van der Waals surface area contributed by atoms with Crippen LogP contribution in [0.1, 0.15) is 57.8 Å². The third-order valence-electron chi connectivity index (χ3n) is 10.6. The maximum Gasteiger partial charge on any atom is 0.496 e. The summed E-state index contributed by atoms with van der Waals surface area (Å²) >= 11 is 0. The molecule has 57 heavy (non-hydrogen) atoms. The average Bonchev–Trinajstić information content (AvgIpc) is 3.68. The van der Waals surface area contributed by atoms with Gasteiger partial charge in [0.15, 0.2) is 0 Å². The highest BCUT2D eigenvalue weighted by molar-refractivity contribution is 6.62. The Morgan fingerprint density at radius 3 is 2.12 bits per heavy atom. The molecule has 0 aliphatic carbocycles. The van der Waals surface area contributed by atoms with Gasteiger partial charge in [0, 0.05) is 55.5 Å². The van der Waals surface area contributed by atoms with Gasteiger partial charge >= 0.3 is 13.3 Å². The number of benzene rings is 2. The predicted molar refractivity (Wildman–Crippen MR) is 212 cm³/mol. The van der Waals surface area contributed by atoms with E-state index in [2.05, 4.69) is 19.9 Å². The van der Waals surface area contributed by atoms with Gasteiger partial charge in [0.25, 0.3) is 0 Å². The van der Waals surface area contributed by atoms with Crippen molar-refractivity contribution in [1.29, 1.82) is 0 Å². The Kier molecular flexibility index (Phi) is 11.9. The summed E-state index contributed by atoms with van der Waals surface area (Å²) in [5.74, 6) is 0.603. The maximum absolute atomic E-state index is 13.9. The van der Waals surface area contributed by atoms with E-state index in [9.17, 15) is 22.0 Å². The monoisotopic (exact) mass is 791 g/mol. The Morgan fingerprint density at radius 1 is 0.877 bits per heavy atom. The summed E-state index contributed by atoms with van der Waals surface area (Å²) < 4.78 is 81.4. The number of piperidine rings is 1. The lowest BCUT2D eigenvalue weighted by atomic mass is 9.80. The van der Waals surface area contributed by atoms with Crippen LogP contribution in [-0.4, -0.2) is 81.5 Å². The van der Waals surface area contributed by atoms with Crippen LogP contribution in [0.3, 0.4) is 0 Å². The number of aromatic nitrogens is 5. The van der Waals surface area contributed by atoms with Gasteiger partial charge in [-0.1, -0.05) is 18.2 Å². The molecule has 4 N–H and O–H groups in total. The molecule has 302 valence electrons. The van der Waals surface area contributed by atoms with Crippen molar-refractivity contribution in [2.24, 2.45) is 0 Å². The molecule has 0 bridgehead atoms. The number of nitrogens with zero attached hydrogens (tertiary/aromatic N) is 7. The fraction of sp³-hybridized carbons (Fsp3) is 0.400. The van der Waals surface area contributed by atoms with E-state index in [0.717, 1.165) is 23.4 Å². The number of anilines is 3. The molecule has 7 rings (SSSR count). The molecule has 0 unspecified atom stereocenters. The van der Waals surface area contributed by atoms with Crippen molar-refractivity contribution in [2.75, 3.05) is 50.1 Å². The zero-order chi connectivity index (χ0) is 41.3. The van der Waals surface area contributed by atoms with Crippen molar-refractivity contribution in [3.8, 4) is 22.4 Å². The smallest absolute Gasteiger partial charge is 0.399 e. The highest BCUT2D eigenvalue weighted by Crippen LogP contribution is 2.39. The minimum atomic E-state index is -4.81. The minimum absolute atomic E-state index is 0.0400. The molecule has 0 atom stereocenters. The Bertz CT molecular complexity index is 2140. The van der Waals surface area contributed by atoms with E-state index in [-0.39, 0.29) is 35.6 Å². The first-order chi connectivity index (χ1) is 26.8. The molecule has 2 aliphatic heterocycles. The SMILES string of the molecule is CC1(C)OB(c2ccc(N)nc2)OC1(C)C.CN(C)CCn1cc(-c2ccc(F)c(C(F)(F)F)c2)nc1C1CCN(c2ncnc(N)c2-c2ccc(F)cc2)CC1. The Labute approximate surface area is 329 Å². The van der Waals surface area contributed by atoms with Crippen molar-refractivity contribution in [3.05, 3.63) is 96.3 Å². The van der Waals surface area contributed by atoms with Gasteiger partial charge in [-0.05, 0) is 96.6 Å². The van der Waals surface area contributed by atoms with E-state index in [1.165, 1.54) is 24.5 Å². The molecule has 17 heteroatoms. The zero-order valence-corrected chi connectivity index (χ0v) is 32.8. The molecule has 5 aromatic rings. The van der Waals surface area contributed by atoms with Crippen LogP contribution in [-0.2, 0) is 22.0 Å². The second-order valence-electron chi connectivity index (χ2n) is 15.5. The van der Waals surface area contributed by atoms with Crippen LogP contribution >= 0.6 is 0 Å². The van der Waals surface area contributed by atoms with Crippen molar-refractivity contribution in [3.63, 3.8) is 0 Å². The maximum atomic E-state index is 13.9. The standard InChI is InChI=1S/C29H30F5N7.C11H17BN2O2/c1-39(2)13-14-41-16-24(20-5-8-23(31)22(15-20)29(32,33)34)38-27(41)19-9-11-40(12-10-19)28-25(26(35)36-17-37-28)18-3-6-21(30)7-4-18;1-10(2)11(3,4)16-12(15-10)8-5-6-9(13)14-7-8/h3-8,15-17,19H,9-14H2,1-2H3,(H2,35,36,37);5-7H,1-4H3,(H2,13,14). The molecule has 0 radical (unpaired) electrons. The molecule has 0 spiro atoms. The van der Waals surface area contributed by atoms with Crippen molar-refractivity contribution < 1.29 is 31.3 Å². The van der Waals surface area contributed by atoms with Crippen LogP contribution in [0.5, 0.6) is 0 Å². The first-order valence-corrected chi connectivity index (χ1v) is 18.6. The Morgan fingerprint density at radius 2 is 1.53 bits per heavy atom. The molecular formula is C40H47BF5N9O2. The zero-order valence-electron chi connectivity index (χ0n) is 32.8. The van der Waals surface area contributed by atoms with E-state index in [0.29, 0.717) is 73.3 Å². The molecule has 11 nitrogen and oxygen atoms in total. The number of nitrogen functional groups attached to an aromatic ring is 2. The topological polar surface area (TPSA) is 133 Å². The van der Waals surface area contributed by atoms with Gasteiger partial charge in [0.1, 0.15) is 41.2 Å². The molecule has 2 fully saturated rings. The molecular weight excluding hydrogens is 744 g/mol. The number of pyridine rings is 1. The van der Waals surface area contributed by atoms with Gasteiger partial charge < -0.3 is 35.1 Å². The van der Waals surface area contributed by atoms with Crippen molar-refractivity contribution in [2.45, 2.75) is 70.4 Å². The molecule has 3 aromatic heterocycles. The molecule has 0 saturated carbocycles. The van der Waals surface area contributed by atoms with Gasteiger partial charge in [-0.3, -0.25) is 0 Å². The lowest BCUT2D eigenvalue weighted by Gasteiger charge is -2.34. The van der Waals surface area contributed by atoms with E-state index in [1.54, 1.807) is 30.6 Å². The quantitative estimate of drug-likeness (QED) is 0.128. The first-order valence-electron chi connectivity index (χ1n) is 18.6. The second kappa shape index (κ2) is 16.4. The van der Waals surface area contributed by atoms with Gasteiger partial charge in [-0.25, -0.2) is 28.7 Å². The highest BCUT2D eigenvalue weighted by Gasteiger charge is 2.51. The summed E-state index contributed by atoms with van der Waals surface area (Å²) in [6.07, 6.45) is 1.46. The van der Waals surface area contributed by atoms with Gasteiger partial charge in [-0.2, -0.15) is 13.2 Å². The van der Waals surface area contributed by atoms with E-state index in [4.69, 9.17) is 25.8 Å². The fourth-order valence-electron chi connectivity index (χ4n) is 6.69. The normalized spacial score (nSPS) is 16.8. The summed E-state index contributed by atoms with van der Waals surface area (Å²) in [7, 11) is 3.52. The summed E-state index contributed by atoms with van der Waals surface area (Å²) in [4.78, 5) is 21.6. The number of halogens is 5. The molecule has 5 heterocycles. The highest BCUT2D eigenvalue weighted by atomic mass is 19.4. The fourth-order valence-corrected chi connectivity index (χ4v) is 6.69. The third-order valence-corrected chi connectivity index (χ3v) is 10.6. The number of nitrogens with two attached hydrogens (primary N) is 2. The predicted octanol–water partition coefficient (Wildman–Crippen LogP) is 6.79. The summed E-state index contributed by atoms with van der Waals surface area (Å²) in [5.41, 5.74) is 12.6. The Balaban J connectivity index is 0.000000286. The second-order valence-corrected chi connectivity index (χ2v) is 15.5. The Hall–Kier alpha value is -5.13. The molecule has 2 saturated heterocycles. The number of hydrogen-bond acceptors (Lipinski definition) is 10. The van der Waals surface area contributed by atoms with Gasteiger partial charge in [0.2, 0.25) is 0 Å². The summed E-state index contributed by atoms with van der Waals surface area (Å²) in [5, 5.41) is 0. The molecule has 2 aromatic carbocycles.